The minimum Gasteiger partial charge on any atom is -0.481 e. The fourth-order valence-electron chi connectivity index (χ4n) is 3.10. The second kappa shape index (κ2) is 9.80. The Labute approximate surface area is 128 Å². The van der Waals surface area contributed by atoms with E-state index in [0.717, 1.165) is 19.3 Å². The summed E-state index contributed by atoms with van der Waals surface area (Å²) in [7, 11) is 0. The molecule has 4 heteroatoms. The Morgan fingerprint density at radius 1 is 1.05 bits per heavy atom. The zero-order valence-electron chi connectivity index (χ0n) is 13.5. The average molecular weight is 298 g/mol. The minimum atomic E-state index is -0.858. The molecule has 0 bridgehead atoms. The van der Waals surface area contributed by atoms with Crippen LogP contribution in [0.15, 0.2) is 0 Å². The Morgan fingerprint density at radius 2 is 1.71 bits per heavy atom. The fourth-order valence-corrected chi connectivity index (χ4v) is 3.10. The summed E-state index contributed by atoms with van der Waals surface area (Å²) in [6, 6.07) is 0. The number of aliphatic carboxylic acids is 1. The van der Waals surface area contributed by atoms with E-state index in [9.17, 15) is 14.7 Å². The van der Waals surface area contributed by atoms with Crippen molar-refractivity contribution in [3.05, 3.63) is 0 Å². The van der Waals surface area contributed by atoms with Gasteiger partial charge in [-0.1, -0.05) is 46.0 Å². The van der Waals surface area contributed by atoms with Crippen molar-refractivity contribution in [1.82, 2.24) is 0 Å². The van der Waals surface area contributed by atoms with E-state index in [1.54, 1.807) is 0 Å². The topological polar surface area (TPSA) is 63.6 Å². The van der Waals surface area contributed by atoms with E-state index >= 15 is 0 Å². The maximum absolute atomic E-state index is 12.1. The summed E-state index contributed by atoms with van der Waals surface area (Å²) in [6.45, 7) is 4.67. The molecule has 1 N–H and O–H groups in total. The number of carbonyl (C=O) groups excluding carboxylic acids is 1. The number of ether oxygens (including phenoxy) is 1. The number of rotatable bonds is 9. The molecule has 0 saturated heterocycles. The van der Waals surface area contributed by atoms with Gasteiger partial charge in [0.15, 0.2) is 0 Å². The normalized spacial score (nSPS) is 25.5. The number of hydrogen-bond donors (Lipinski definition) is 1. The van der Waals surface area contributed by atoms with Gasteiger partial charge in [0.05, 0.1) is 18.4 Å². The third-order valence-electron chi connectivity index (χ3n) is 4.47. The van der Waals surface area contributed by atoms with Crippen LogP contribution >= 0.6 is 0 Å². The first-order valence-electron chi connectivity index (χ1n) is 8.45. The van der Waals surface area contributed by atoms with Gasteiger partial charge in [-0.3, -0.25) is 9.59 Å². The number of hydrogen-bond acceptors (Lipinski definition) is 3. The molecule has 0 radical (unpaired) electrons. The summed E-state index contributed by atoms with van der Waals surface area (Å²) in [5.41, 5.74) is 0. The zero-order chi connectivity index (χ0) is 15.7. The van der Waals surface area contributed by atoms with Crippen LogP contribution in [0.5, 0.6) is 0 Å². The van der Waals surface area contributed by atoms with Crippen LogP contribution in [0.4, 0.5) is 0 Å². The van der Waals surface area contributed by atoms with Crippen molar-refractivity contribution in [2.45, 2.75) is 71.6 Å². The molecule has 1 saturated carbocycles. The van der Waals surface area contributed by atoms with Crippen LogP contribution in [0.2, 0.25) is 0 Å². The van der Waals surface area contributed by atoms with E-state index < -0.39 is 17.8 Å². The zero-order valence-corrected chi connectivity index (χ0v) is 13.5. The Morgan fingerprint density at radius 3 is 2.38 bits per heavy atom. The predicted molar refractivity (Wildman–Crippen MR) is 82.0 cm³/mol. The molecule has 0 aromatic heterocycles. The Hall–Kier alpha value is -1.06. The van der Waals surface area contributed by atoms with Crippen molar-refractivity contribution in [2.24, 2.45) is 17.8 Å². The molecule has 0 amide bonds. The first kappa shape index (κ1) is 18.0. The van der Waals surface area contributed by atoms with Crippen LogP contribution in [0.3, 0.4) is 0 Å². The van der Waals surface area contributed by atoms with Gasteiger partial charge in [0, 0.05) is 0 Å². The largest absolute Gasteiger partial charge is 0.481 e. The van der Waals surface area contributed by atoms with Gasteiger partial charge in [-0.05, 0) is 31.6 Å². The lowest BCUT2D eigenvalue weighted by Gasteiger charge is -2.30. The Balaban J connectivity index is 2.25. The molecule has 1 rings (SSSR count). The lowest BCUT2D eigenvalue weighted by Crippen LogP contribution is -2.36. The van der Waals surface area contributed by atoms with Gasteiger partial charge in [-0.15, -0.1) is 0 Å². The Kier molecular flexibility index (Phi) is 8.40. The summed E-state index contributed by atoms with van der Waals surface area (Å²) >= 11 is 0. The number of carbonyl (C=O) groups is 2. The van der Waals surface area contributed by atoms with Crippen molar-refractivity contribution in [1.29, 1.82) is 0 Å². The van der Waals surface area contributed by atoms with E-state index in [-0.39, 0.29) is 5.97 Å². The summed E-state index contributed by atoms with van der Waals surface area (Å²) < 4.78 is 5.30. The van der Waals surface area contributed by atoms with Crippen molar-refractivity contribution in [3.63, 3.8) is 0 Å². The van der Waals surface area contributed by atoms with E-state index in [1.807, 2.05) is 6.92 Å². The van der Waals surface area contributed by atoms with Gasteiger partial charge >= 0.3 is 11.9 Å². The second-order valence-corrected chi connectivity index (χ2v) is 6.40. The second-order valence-electron chi connectivity index (χ2n) is 6.40. The quantitative estimate of drug-likeness (QED) is 0.515. The first-order valence-corrected chi connectivity index (χ1v) is 8.45. The van der Waals surface area contributed by atoms with Crippen molar-refractivity contribution in [2.75, 3.05) is 6.61 Å². The molecule has 0 aliphatic heterocycles. The molecule has 4 nitrogen and oxygen atoms in total. The summed E-state index contributed by atoms with van der Waals surface area (Å²) in [5, 5.41) is 9.26. The maximum atomic E-state index is 12.1. The molecular weight excluding hydrogens is 268 g/mol. The molecule has 0 heterocycles. The number of unbranched alkanes of at least 4 members (excludes halogenated alkanes) is 5. The summed E-state index contributed by atoms with van der Waals surface area (Å²) in [4.78, 5) is 23.4. The highest BCUT2D eigenvalue weighted by Gasteiger charge is 2.38. The Bertz CT molecular complexity index is 327. The standard InChI is InChI=1S/C17H30O4/c1-3-4-5-6-7-8-11-21-17(20)14-10-9-13(2)12-15(14)16(18)19/h13-15H,3-12H2,1-2H3,(H,18,19). The summed E-state index contributed by atoms with van der Waals surface area (Å²) in [6.07, 6.45) is 9.04. The maximum Gasteiger partial charge on any atom is 0.309 e. The van der Waals surface area contributed by atoms with Gasteiger partial charge in [-0.2, -0.15) is 0 Å². The van der Waals surface area contributed by atoms with Gasteiger partial charge in [0.1, 0.15) is 0 Å². The van der Waals surface area contributed by atoms with E-state index in [1.165, 1.54) is 25.7 Å². The van der Waals surface area contributed by atoms with Crippen LogP contribution in [-0.2, 0) is 14.3 Å². The van der Waals surface area contributed by atoms with E-state index in [0.29, 0.717) is 25.4 Å². The minimum absolute atomic E-state index is 0.303. The molecule has 1 aliphatic carbocycles. The summed E-state index contributed by atoms with van der Waals surface area (Å²) in [5.74, 6) is -1.79. The average Bonchev–Trinajstić information content (AvgIpc) is 2.46. The van der Waals surface area contributed by atoms with Crippen LogP contribution in [0, 0.1) is 17.8 Å². The molecule has 1 aliphatic rings. The third-order valence-corrected chi connectivity index (χ3v) is 4.47. The molecule has 1 fully saturated rings. The smallest absolute Gasteiger partial charge is 0.309 e. The van der Waals surface area contributed by atoms with E-state index in [4.69, 9.17) is 4.74 Å². The predicted octanol–water partition coefficient (Wildman–Crippen LogP) is 4.03. The van der Waals surface area contributed by atoms with Gasteiger partial charge in [-0.25, -0.2) is 0 Å². The molecule has 0 aromatic rings. The van der Waals surface area contributed by atoms with E-state index in [2.05, 4.69) is 6.92 Å². The van der Waals surface area contributed by atoms with Crippen LogP contribution < -0.4 is 0 Å². The van der Waals surface area contributed by atoms with Gasteiger partial charge in [0.2, 0.25) is 0 Å². The van der Waals surface area contributed by atoms with Crippen molar-refractivity contribution >= 4 is 11.9 Å². The highest BCUT2D eigenvalue weighted by molar-refractivity contribution is 5.81. The molecule has 122 valence electrons. The lowest BCUT2D eigenvalue weighted by atomic mass is 9.74. The SMILES string of the molecule is CCCCCCCCOC(=O)C1CCC(C)CC1C(=O)O. The van der Waals surface area contributed by atoms with Crippen LogP contribution in [0.1, 0.15) is 71.6 Å². The molecule has 3 atom stereocenters. The van der Waals surface area contributed by atoms with Crippen LogP contribution in [0.25, 0.3) is 0 Å². The molecular formula is C17H30O4. The highest BCUT2D eigenvalue weighted by atomic mass is 16.5. The number of esters is 1. The fraction of sp³-hybridized carbons (Fsp3) is 0.882. The third kappa shape index (κ3) is 6.49. The number of carboxylic acids is 1. The monoisotopic (exact) mass is 298 g/mol. The van der Waals surface area contributed by atoms with Crippen molar-refractivity contribution < 1.29 is 19.4 Å². The first-order chi connectivity index (χ1) is 10.1. The van der Waals surface area contributed by atoms with Gasteiger partial charge < -0.3 is 9.84 Å². The highest BCUT2D eigenvalue weighted by Crippen LogP contribution is 2.34. The molecule has 0 aromatic carbocycles. The van der Waals surface area contributed by atoms with Crippen LogP contribution in [-0.4, -0.2) is 23.7 Å². The van der Waals surface area contributed by atoms with Crippen molar-refractivity contribution in [3.8, 4) is 0 Å². The number of carboxylic acid groups (broad SMARTS) is 1. The van der Waals surface area contributed by atoms with Gasteiger partial charge in [0.25, 0.3) is 0 Å². The molecule has 0 spiro atoms. The molecule has 3 unspecified atom stereocenters. The molecule has 21 heavy (non-hydrogen) atoms. The lowest BCUT2D eigenvalue weighted by molar-refractivity contribution is -0.160.